The molecule has 26 heavy (non-hydrogen) atoms. The molecule has 0 aromatic rings. The van der Waals surface area contributed by atoms with E-state index in [0.717, 1.165) is 6.42 Å². The van der Waals surface area contributed by atoms with Gasteiger partial charge in [-0.2, -0.15) is 0 Å². The smallest absolute Gasteiger partial charge is 0.411 e. The maximum atomic E-state index is 12.4. The van der Waals surface area contributed by atoms with E-state index in [1.165, 1.54) is 12.0 Å². The lowest BCUT2D eigenvalue weighted by Crippen LogP contribution is -2.44. The highest BCUT2D eigenvalue weighted by molar-refractivity contribution is 5.83. The topological polar surface area (TPSA) is 84.9 Å². The van der Waals surface area contributed by atoms with E-state index < -0.39 is 23.7 Å². The van der Waals surface area contributed by atoms with E-state index in [1.54, 1.807) is 20.8 Å². The summed E-state index contributed by atoms with van der Waals surface area (Å²) in [6.07, 6.45) is 8.90. The Labute approximate surface area is 154 Å². The van der Waals surface area contributed by atoms with Gasteiger partial charge in [-0.1, -0.05) is 24.3 Å². The standard InChI is InChI=1S/C19H28N2O5/c1-19(2,3)26-18(24)21-12-14(11-15(21)17(23)25-4)20-16(22)10-13-8-6-5-7-9-13/h5-8,13-15H,9-12H2,1-4H3,(H,20,22)/t13?,14-,15+/m1/s1. The fourth-order valence-corrected chi connectivity index (χ4v) is 3.13. The molecule has 0 saturated carbocycles. The number of carbonyl (C=O) groups excluding carboxylic acids is 3. The van der Waals surface area contributed by atoms with Gasteiger partial charge in [0.15, 0.2) is 0 Å². The van der Waals surface area contributed by atoms with Crippen molar-refractivity contribution in [2.45, 2.75) is 57.7 Å². The zero-order chi connectivity index (χ0) is 19.3. The molecule has 1 aliphatic heterocycles. The van der Waals surface area contributed by atoms with Crippen LogP contribution in [0.1, 0.15) is 40.0 Å². The van der Waals surface area contributed by atoms with E-state index in [1.807, 2.05) is 24.3 Å². The van der Waals surface area contributed by atoms with Crippen LogP contribution in [0.5, 0.6) is 0 Å². The van der Waals surface area contributed by atoms with E-state index in [9.17, 15) is 14.4 Å². The quantitative estimate of drug-likeness (QED) is 0.773. The van der Waals surface area contributed by atoms with Gasteiger partial charge < -0.3 is 14.8 Å². The number of ether oxygens (including phenoxy) is 2. The number of rotatable bonds is 4. The summed E-state index contributed by atoms with van der Waals surface area (Å²) in [7, 11) is 1.28. The summed E-state index contributed by atoms with van der Waals surface area (Å²) < 4.78 is 10.2. The highest BCUT2D eigenvalue weighted by atomic mass is 16.6. The van der Waals surface area contributed by atoms with Gasteiger partial charge in [0.1, 0.15) is 11.6 Å². The van der Waals surface area contributed by atoms with Crippen molar-refractivity contribution in [3.63, 3.8) is 0 Å². The number of amides is 2. The number of esters is 1. The van der Waals surface area contributed by atoms with Gasteiger partial charge >= 0.3 is 12.1 Å². The third-order valence-corrected chi connectivity index (χ3v) is 4.28. The number of nitrogens with zero attached hydrogens (tertiary/aromatic N) is 1. The number of allylic oxidation sites excluding steroid dienone is 4. The SMILES string of the molecule is COC(=O)[C@@H]1C[C@@H](NC(=O)CC2C=CC=CC2)CN1C(=O)OC(C)(C)C. The number of carbonyl (C=O) groups is 3. The number of nitrogens with one attached hydrogen (secondary N) is 1. The van der Waals surface area contributed by atoms with Crippen LogP contribution in [0.4, 0.5) is 4.79 Å². The van der Waals surface area contributed by atoms with Crippen LogP contribution in [0.25, 0.3) is 0 Å². The zero-order valence-corrected chi connectivity index (χ0v) is 15.9. The predicted octanol–water partition coefficient (Wildman–Crippen LogP) is 2.18. The number of likely N-dealkylation sites (tertiary alicyclic amines) is 1. The molecular formula is C19H28N2O5. The molecule has 1 fully saturated rings. The summed E-state index contributed by atoms with van der Waals surface area (Å²) in [6.45, 7) is 5.51. The largest absolute Gasteiger partial charge is 0.467 e. The average molecular weight is 364 g/mol. The maximum absolute atomic E-state index is 12.4. The minimum Gasteiger partial charge on any atom is -0.467 e. The molecule has 7 nitrogen and oxygen atoms in total. The third-order valence-electron chi connectivity index (χ3n) is 4.28. The molecule has 2 amide bonds. The van der Waals surface area contributed by atoms with Crippen molar-refractivity contribution in [2.75, 3.05) is 13.7 Å². The van der Waals surface area contributed by atoms with E-state index in [4.69, 9.17) is 9.47 Å². The Morgan fingerprint density at radius 1 is 1.23 bits per heavy atom. The van der Waals surface area contributed by atoms with Crippen molar-refractivity contribution in [3.8, 4) is 0 Å². The fourth-order valence-electron chi connectivity index (χ4n) is 3.13. The van der Waals surface area contributed by atoms with Gasteiger partial charge in [0, 0.05) is 25.4 Å². The summed E-state index contributed by atoms with van der Waals surface area (Å²) >= 11 is 0. The Kier molecular flexibility index (Phi) is 6.45. The molecule has 1 N–H and O–H groups in total. The summed E-state index contributed by atoms with van der Waals surface area (Å²) in [6, 6.07) is -1.06. The molecule has 1 heterocycles. The fraction of sp³-hybridized carbons (Fsp3) is 0.632. The molecule has 7 heteroatoms. The van der Waals surface area contributed by atoms with Gasteiger partial charge in [-0.25, -0.2) is 9.59 Å². The van der Waals surface area contributed by atoms with Crippen LogP contribution < -0.4 is 5.32 Å². The van der Waals surface area contributed by atoms with Crippen LogP contribution in [0, 0.1) is 5.92 Å². The highest BCUT2D eigenvalue weighted by Gasteiger charge is 2.42. The van der Waals surface area contributed by atoms with Crippen molar-refractivity contribution in [1.29, 1.82) is 0 Å². The van der Waals surface area contributed by atoms with Gasteiger partial charge in [0.25, 0.3) is 0 Å². The Morgan fingerprint density at radius 2 is 1.96 bits per heavy atom. The lowest BCUT2D eigenvalue weighted by atomic mass is 9.97. The van der Waals surface area contributed by atoms with Gasteiger partial charge in [0.2, 0.25) is 5.91 Å². The van der Waals surface area contributed by atoms with Crippen molar-refractivity contribution >= 4 is 18.0 Å². The molecule has 2 rings (SSSR count). The van der Waals surface area contributed by atoms with E-state index in [2.05, 4.69) is 5.32 Å². The molecule has 2 aliphatic rings. The molecule has 0 spiro atoms. The van der Waals surface area contributed by atoms with Gasteiger partial charge in [0.05, 0.1) is 7.11 Å². The molecule has 1 saturated heterocycles. The second-order valence-electron chi connectivity index (χ2n) is 7.68. The Hall–Kier alpha value is -2.31. The first-order valence-corrected chi connectivity index (χ1v) is 8.89. The van der Waals surface area contributed by atoms with Gasteiger partial charge in [-0.05, 0) is 33.1 Å². The van der Waals surface area contributed by atoms with Crippen LogP contribution >= 0.6 is 0 Å². The zero-order valence-electron chi connectivity index (χ0n) is 15.9. The van der Waals surface area contributed by atoms with Crippen molar-refractivity contribution in [3.05, 3.63) is 24.3 Å². The van der Waals surface area contributed by atoms with Crippen LogP contribution in [-0.4, -0.2) is 54.2 Å². The monoisotopic (exact) mass is 364 g/mol. The molecule has 0 radical (unpaired) electrons. The Balaban J connectivity index is 1.96. The number of hydrogen-bond acceptors (Lipinski definition) is 5. The van der Waals surface area contributed by atoms with Crippen molar-refractivity contribution < 1.29 is 23.9 Å². The van der Waals surface area contributed by atoms with Crippen LogP contribution in [0.3, 0.4) is 0 Å². The normalized spacial score (nSPS) is 25.1. The first-order chi connectivity index (χ1) is 12.2. The Morgan fingerprint density at radius 3 is 2.54 bits per heavy atom. The van der Waals surface area contributed by atoms with Gasteiger partial charge in [-0.15, -0.1) is 0 Å². The second-order valence-corrected chi connectivity index (χ2v) is 7.68. The van der Waals surface area contributed by atoms with E-state index in [0.29, 0.717) is 12.8 Å². The number of hydrogen-bond donors (Lipinski definition) is 1. The van der Waals surface area contributed by atoms with Crippen LogP contribution in [0.15, 0.2) is 24.3 Å². The maximum Gasteiger partial charge on any atom is 0.411 e. The van der Waals surface area contributed by atoms with E-state index in [-0.39, 0.29) is 24.4 Å². The molecule has 1 aliphatic carbocycles. The summed E-state index contributed by atoms with van der Waals surface area (Å²) in [5.74, 6) is -0.415. The van der Waals surface area contributed by atoms with Crippen LogP contribution in [0.2, 0.25) is 0 Å². The average Bonchev–Trinajstić information content (AvgIpc) is 2.97. The first-order valence-electron chi connectivity index (χ1n) is 8.89. The van der Waals surface area contributed by atoms with E-state index >= 15 is 0 Å². The van der Waals surface area contributed by atoms with Crippen molar-refractivity contribution in [2.24, 2.45) is 5.92 Å². The molecule has 0 aromatic heterocycles. The molecule has 3 atom stereocenters. The number of methoxy groups -OCH3 is 1. The predicted molar refractivity (Wildman–Crippen MR) is 96.3 cm³/mol. The molecule has 144 valence electrons. The first kappa shape index (κ1) is 20.0. The summed E-state index contributed by atoms with van der Waals surface area (Å²) in [5, 5.41) is 2.93. The molecule has 1 unspecified atom stereocenters. The molecule has 0 bridgehead atoms. The second kappa shape index (κ2) is 8.38. The molecule has 0 aromatic carbocycles. The van der Waals surface area contributed by atoms with Gasteiger partial charge in [-0.3, -0.25) is 9.69 Å². The van der Waals surface area contributed by atoms with Crippen LogP contribution in [-0.2, 0) is 19.1 Å². The van der Waals surface area contributed by atoms with Crippen molar-refractivity contribution in [1.82, 2.24) is 10.2 Å². The molecular weight excluding hydrogens is 336 g/mol. The summed E-state index contributed by atoms with van der Waals surface area (Å²) in [4.78, 5) is 38.1. The third kappa shape index (κ3) is 5.61. The minimum absolute atomic E-state index is 0.0883. The lowest BCUT2D eigenvalue weighted by Gasteiger charge is -2.27. The minimum atomic E-state index is -0.752. The summed E-state index contributed by atoms with van der Waals surface area (Å²) in [5.41, 5.74) is -0.667. The lowest BCUT2D eigenvalue weighted by molar-refractivity contribution is -0.145. The highest BCUT2D eigenvalue weighted by Crippen LogP contribution is 2.23. The Bertz CT molecular complexity index is 606.